The van der Waals surface area contributed by atoms with Gasteiger partial charge >= 0.3 is 5.97 Å². The SMILES string of the molecule is CC1(C)CC(=O)N(Cc2nc(C(=O)O)cs2)C(=O)C1. The molecule has 1 aliphatic rings. The maximum absolute atomic E-state index is 11.9. The monoisotopic (exact) mass is 282 g/mol. The van der Waals surface area contributed by atoms with Gasteiger partial charge in [0.25, 0.3) is 0 Å². The van der Waals surface area contributed by atoms with E-state index in [1.165, 1.54) is 5.38 Å². The first-order chi connectivity index (χ1) is 8.78. The van der Waals surface area contributed by atoms with E-state index in [2.05, 4.69) is 4.98 Å². The number of rotatable bonds is 3. The van der Waals surface area contributed by atoms with Gasteiger partial charge in [0.1, 0.15) is 5.01 Å². The molecule has 2 heterocycles. The number of nitrogens with zero attached hydrogens (tertiary/aromatic N) is 2. The minimum atomic E-state index is -1.11. The summed E-state index contributed by atoms with van der Waals surface area (Å²) in [6.45, 7) is 3.82. The van der Waals surface area contributed by atoms with Crippen LogP contribution in [0.4, 0.5) is 0 Å². The Bertz CT molecular complexity index is 530. The molecule has 0 aromatic carbocycles. The molecule has 0 saturated carbocycles. The fourth-order valence-corrected chi connectivity index (χ4v) is 2.76. The summed E-state index contributed by atoms with van der Waals surface area (Å²) in [6.07, 6.45) is 0.631. The molecule has 0 atom stereocenters. The van der Waals surface area contributed by atoms with E-state index in [1.807, 2.05) is 13.8 Å². The number of carbonyl (C=O) groups is 3. The van der Waals surface area contributed by atoms with Crippen molar-refractivity contribution in [3.63, 3.8) is 0 Å². The van der Waals surface area contributed by atoms with Crippen LogP contribution in [0.2, 0.25) is 0 Å². The number of amides is 2. The first-order valence-electron chi connectivity index (χ1n) is 5.79. The van der Waals surface area contributed by atoms with Crippen molar-refractivity contribution in [1.82, 2.24) is 9.88 Å². The van der Waals surface area contributed by atoms with E-state index < -0.39 is 5.97 Å². The number of hydrogen-bond donors (Lipinski definition) is 1. The lowest BCUT2D eigenvalue weighted by atomic mass is 9.82. The zero-order valence-electron chi connectivity index (χ0n) is 10.7. The number of carboxylic acid groups (broad SMARTS) is 1. The molecular weight excluding hydrogens is 268 g/mol. The van der Waals surface area contributed by atoms with Gasteiger partial charge in [0.15, 0.2) is 5.69 Å². The van der Waals surface area contributed by atoms with Gasteiger partial charge in [-0.15, -0.1) is 11.3 Å². The number of piperidine rings is 1. The minimum Gasteiger partial charge on any atom is -0.476 e. The molecule has 1 aliphatic heterocycles. The first kappa shape index (κ1) is 13.7. The largest absolute Gasteiger partial charge is 0.476 e. The lowest BCUT2D eigenvalue weighted by Crippen LogP contribution is -2.45. The third kappa shape index (κ3) is 2.98. The van der Waals surface area contributed by atoms with Crippen LogP contribution in [0, 0.1) is 5.41 Å². The molecule has 102 valence electrons. The van der Waals surface area contributed by atoms with Crippen molar-refractivity contribution in [2.45, 2.75) is 33.2 Å². The van der Waals surface area contributed by atoms with Crippen molar-refractivity contribution < 1.29 is 19.5 Å². The quantitative estimate of drug-likeness (QED) is 0.849. The summed E-state index contributed by atoms with van der Waals surface area (Å²) in [5, 5.41) is 10.6. The topological polar surface area (TPSA) is 87.6 Å². The number of hydrogen-bond acceptors (Lipinski definition) is 5. The highest BCUT2D eigenvalue weighted by Gasteiger charge is 2.37. The number of carbonyl (C=O) groups excluding carboxylic acids is 2. The Morgan fingerprint density at radius 3 is 2.47 bits per heavy atom. The van der Waals surface area contributed by atoms with Crippen molar-refractivity contribution in [2.75, 3.05) is 0 Å². The molecule has 1 aromatic rings. The number of likely N-dealkylation sites (tertiary alicyclic amines) is 1. The van der Waals surface area contributed by atoms with Gasteiger partial charge in [0, 0.05) is 18.2 Å². The van der Waals surface area contributed by atoms with E-state index in [0.717, 1.165) is 16.2 Å². The van der Waals surface area contributed by atoms with Crippen LogP contribution in [0.25, 0.3) is 0 Å². The van der Waals surface area contributed by atoms with Crippen LogP contribution in [0.15, 0.2) is 5.38 Å². The average Bonchev–Trinajstić information content (AvgIpc) is 2.70. The molecule has 0 aliphatic carbocycles. The normalized spacial score (nSPS) is 18.7. The Morgan fingerprint density at radius 2 is 2.00 bits per heavy atom. The van der Waals surface area contributed by atoms with Crippen molar-refractivity contribution >= 4 is 29.1 Å². The van der Waals surface area contributed by atoms with Crippen LogP contribution in [0.3, 0.4) is 0 Å². The summed E-state index contributed by atoms with van der Waals surface area (Å²) in [6, 6.07) is 0. The maximum Gasteiger partial charge on any atom is 0.355 e. The Hall–Kier alpha value is -1.76. The predicted octanol–water partition coefficient (Wildman–Crippen LogP) is 1.52. The lowest BCUT2D eigenvalue weighted by Gasteiger charge is -2.34. The van der Waals surface area contributed by atoms with Crippen LogP contribution >= 0.6 is 11.3 Å². The molecule has 0 spiro atoms. The van der Waals surface area contributed by atoms with Crippen LogP contribution in [-0.4, -0.2) is 32.8 Å². The number of aromatic nitrogens is 1. The van der Waals surface area contributed by atoms with Crippen molar-refractivity contribution in [1.29, 1.82) is 0 Å². The molecule has 0 bridgehead atoms. The fraction of sp³-hybridized carbons (Fsp3) is 0.500. The maximum atomic E-state index is 11.9. The summed E-state index contributed by atoms with van der Waals surface area (Å²) in [5.41, 5.74) is -0.364. The molecule has 1 saturated heterocycles. The summed E-state index contributed by atoms with van der Waals surface area (Å²) in [7, 11) is 0. The van der Waals surface area contributed by atoms with Crippen molar-refractivity contribution in [3.05, 3.63) is 16.1 Å². The summed E-state index contributed by atoms with van der Waals surface area (Å²) >= 11 is 1.14. The molecule has 1 aromatic heterocycles. The first-order valence-corrected chi connectivity index (χ1v) is 6.67. The van der Waals surface area contributed by atoms with Gasteiger partial charge in [-0.1, -0.05) is 13.8 Å². The van der Waals surface area contributed by atoms with E-state index in [9.17, 15) is 14.4 Å². The molecule has 2 rings (SSSR count). The van der Waals surface area contributed by atoms with Crippen molar-refractivity contribution in [3.8, 4) is 0 Å². The van der Waals surface area contributed by atoms with Crippen LogP contribution in [0.5, 0.6) is 0 Å². The second-order valence-electron chi connectivity index (χ2n) is 5.32. The second-order valence-corrected chi connectivity index (χ2v) is 6.27. The Morgan fingerprint density at radius 1 is 1.42 bits per heavy atom. The molecule has 0 radical (unpaired) electrons. The minimum absolute atomic E-state index is 0.0581. The van der Waals surface area contributed by atoms with Crippen LogP contribution in [-0.2, 0) is 16.1 Å². The highest BCUT2D eigenvalue weighted by atomic mass is 32.1. The van der Waals surface area contributed by atoms with Gasteiger partial charge in [0.05, 0.1) is 6.54 Å². The Kier molecular flexibility index (Phi) is 3.40. The third-order valence-corrected chi connectivity index (χ3v) is 3.76. The average molecular weight is 282 g/mol. The zero-order chi connectivity index (χ0) is 14.2. The number of carboxylic acids is 1. The highest BCUT2D eigenvalue weighted by molar-refractivity contribution is 7.09. The van der Waals surface area contributed by atoms with E-state index in [4.69, 9.17) is 5.11 Å². The van der Waals surface area contributed by atoms with Gasteiger partial charge in [-0.25, -0.2) is 9.78 Å². The van der Waals surface area contributed by atoms with Gasteiger partial charge in [0.2, 0.25) is 11.8 Å². The van der Waals surface area contributed by atoms with E-state index in [1.54, 1.807) is 0 Å². The summed E-state index contributed by atoms with van der Waals surface area (Å²) in [4.78, 5) is 39.6. The van der Waals surface area contributed by atoms with Gasteiger partial charge in [-0.05, 0) is 5.41 Å². The summed E-state index contributed by atoms with van der Waals surface area (Å²) in [5.74, 6) is -1.57. The van der Waals surface area contributed by atoms with Crippen LogP contribution in [0.1, 0.15) is 42.2 Å². The smallest absolute Gasteiger partial charge is 0.355 e. The Balaban J connectivity index is 2.12. The molecule has 19 heavy (non-hydrogen) atoms. The molecule has 2 amide bonds. The van der Waals surface area contributed by atoms with Crippen LogP contribution < -0.4 is 0 Å². The van der Waals surface area contributed by atoms with E-state index in [0.29, 0.717) is 17.8 Å². The molecule has 0 unspecified atom stereocenters. The predicted molar refractivity (Wildman–Crippen MR) is 67.6 cm³/mol. The third-order valence-electron chi connectivity index (χ3n) is 2.93. The lowest BCUT2D eigenvalue weighted by molar-refractivity contribution is -0.153. The standard InChI is InChI=1S/C12H14N2O4S/c1-12(2)3-9(15)14(10(16)4-12)5-8-13-7(6-19-8)11(17)18/h6H,3-5H2,1-2H3,(H,17,18). The summed E-state index contributed by atoms with van der Waals surface area (Å²) < 4.78 is 0. The molecule has 1 N–H and O–H groups in total. The van der Waals surface area contributed by atoms with E-state index in [-0.39, 0.29) is 29.5 Å². The molecule has 6 nitrogen and oxygen atoms in total. The number of imide groups is 1. The molecule has 1 fully saturated rings. The second kappa shape index (κ2) is 4.73. The molecule has 7 heteroatoms. The number of thiazole rings is 1. The Labute approximate surface area is 114 Å². The number of aromatic carboxylic acids is 1. The zero-order valence-corrected chi connectivity index (χ0v) is 11.5. The van der Waals surface area contributed by atoms with E-state index >= 15 is 0 Å². The van der Waals surface area contributed by atoms with Gasteiger partial charge in [-0.2, -0.15) is 0 Å². The highest BCUT2D eigenvalue weighted by Crippen LogP contribution is 2.32. The molecular formula is C12H14N2O4S. The van der Waals surface area contributed by atoms with Gasteiger partial charge in [-0.3, -0.25) is 14.5 Å². The van der Waals surface area contributed by atoms with Gasteiger partial charge < -0.3 is 5.11 Å². The fourth-order valence-electron chi connectivity index (χ4n) is 2.00. The van der Waals surface area contributed by atoms with Crippen molar-refractivity contribution in [2.24, 2.45) is 5.41 Å².